The van der Waals surface area contributed by atoms with Gasteiger partial charge >= 0.3 is 12.1 Å². The molecule has 2 heterocycles. The fourth-order valence-electron chi connectivity index (χ4n) is 2.01. The molecule has 6 nitrogen and oxygen atoms in total. The third-order valence-electron chi connectivity index (χ3n) is 2.72. The highest BCUT2D eigenvalue weighted by molar-refractivity contribution is 5.84. The van der Waals surface area contributed by atoms with Crippen molar-refractivity contribution in [1.29, 1.82) is 0 Å². The molecule has 2 aliphatic heterocycles. The first-order valence-electron chi connectivity index (χ1n) is 4.83. The van der Waals surface area contributed by atoms with Gasteiger partial charge in [-0.15, -0.1) is 0 Å². The number of urea groups is 2. The second-order valence-electron chi connectivity index (χ2n) is 3.36. The molecule has 2 N–H and O–H groups in total. The van der Waals surface area contributed by atoms with Crippen LogP contribution in [0.15, 0.2) is 0 Å². The van der Waals surface area contributed by atoms with Gasteiger partial charge in [0.2, 0.25) is 0 Å². The molecule has 2 unspecified atom stereocenters. The Hall–Kier alpha value is -1.46. The topological polar surface area (TPSA) is 64.7 Å². The number of rotatable bonds is 2. The largest absolute Gasteiger partial charge is 0.320 e. The number of amides is 4. The highest BCUT2D eigenvalue weighted by Gasteiger charge is 2.48. The Morgan fingerprint density at radius 1 is 1.00 bits per heavy atom. The summed E-state index contributed by atoms with van der Waals surface area (Å²) in [7, 11) is 0. The second kappa shape index (κ2) is 3.04. The number of nitrogens with one attached hydrogen (secondary N) is 2. The molecular weight excluding hydrogens is 184 g/mol. The monoisotopic (exact) mass is 198 g/mol. The molecule has 2 fully saturated rings. The van der Waals surface area contributed by atoms with Crippen LogP contribution in [-0.2, 0) is 0 Å². The van der Waals surface area contributed by atoms with E-state index in [4.69, 9.17) is 0 Å². The van der Waals surface area contributed by atoms with Gasteiger partial charge in [-0.25, -0.2) is 9.59 Å². The van der Waals surface area contributed by atoms with Gasteiger partial charge in [-0.2, -0.15) is 0 Å². The Kier molecular flexibility index (Phi) is 1.98. The summed E-state index contributed by atoms with van der Waals surface area (Å²) in [5, 5.41) is 5.56. The lowest BCUT2D eigenvalue weighted by Crippen LogP contribution is -2.43. The highest BCUT2D eigenvalue weighted by Crippen LogP contribution is 2.20. The Labute approximate surface area is 82.2 Å². The van der Waals surface area contributed by atoms with Gasteiger partial charge in [-0.05, 0) is 13.8 Å². The molecule has 0 spiro atoms. The maximum Gasteiger partial charge on any atom is 0.320 e. The number of hydrogen-bond donors (Lipinski definition) is 2. The van der Waals surface area contributed by atoms with Gasteiger partial charge in [0, 0.05) is 13.1 Å². The van der Waals surface area contributed by atoms with Crippen molar-refractivity contribution < 1.29 is 9.59 Å². The van der Waals surface area contributed by atoms with Gasteiger partial charge in [0.15, 0.2) is 0 Å². The van der Waals surface area contributed by atoms with E-state index in [2.05, 4.69) is 10.6 Å². The van der Waals surface area contributed by atoms with Crippen LogP contribution >= 0.6 is 0 Å². The van der Waals surface area contributed by atoms with Crippen molar-refractivity contribution in [3.8, 4) is 0 Å². The van der Waals surface area contributed by atoms with Gasteiger partial charge < -0.3 is 20.4 Å². The molecule has 0 bridgehead atoms. The first kappa shape index (κ1) is 9.11. The van der Waals surface area contributed by atoms with Gasteiger partial charge in [0.25, 0.3) is 0 Å². The number of hydrogen-bond acceptors (Lipinski definition) is 2. The van der Waals surface area contributed by atoms with Gasteiger partial charge in [0.1, 0.15) is 12.3 Å². The Balaban J connectivity index is 2.20. The fourth-order valence-corrected chi connectivity index (χ4v) is 2.01. The number of fused-ring (bicyclic) bond motifs is 1. The van der Waals surface area contributed by atoms with Crippen LogP contribution < -0.4 is 10.6 Å². The van der Waals surface area contributed by atoms with E-state index in [-0.39, 0.29) is 24.4 Å². The molecule has 0 radical (unpaired) electrons. The molecule has 2 rings (SSSR count). The van der Waals surface area contributed by atoms with Crippen LogP contribution in [0.1, 0.15) is 13.8 Å². The zero-order valence-electron chi connectivity index (χ0n) is 8.28. The first-order chi connectivity index (χ1) is 6.69. The number of carbonyl (C=O) groups is 2. The number of nitrogens with zero attached hydrogens (tertiary/aromatic N) is 2. The zero-order valence-corrected chi connectivity index (χ0v) is 8.28. The van der Waals surface area contributed by atoms with Crippen LogP contribution in [0.25, 0.3) is 0 Å². The van der Waals surface area contributed by atoms with Crippen molar-refractivity contribution in [1.82, 2.24) is 20.4 Å². The fraction of sp³-hybridized carbons (Fsp3) is 0.750. The molecule has 2 aliphatic rings. The molecule has 6 heteroatoms. The maximum atomic E-state index is 11.4. The van der Waals surface area contributed by atoms with Crippen LogP contribution in [0.5, 0.6) is 0 Å². The average Bonchev–Trinajstić information content (AvgIpc) is 2.58. The Morgan fingerprint density at radius 2 is 1.36 bits per heavy atom. The van der Waals surface area contributed by atoms with Gasteiger partial charge in [-0.3, -0.25) is 0 Å². The van der Waals surface area contributed by atoms with Crippen LogP contribution in [0.3, 0.4) is 0 Å². The molecule has 2 saturated heterocycles. The minimum Gasteiger partial charge on any atom is -0.314 e. The van der Waals surface area contributed by atoms with Crippen molar-refractivity contribution in [3.05, 3.63) is 0 Å². The van der Waals surface area contributed by atoms with E-state index in [9.17, 15) is 9.59 Å². The molecule has 0 aromatic heterocycles. The molecule has 0 aliphatic carbocycles. The summed E-state index contributed by atoms with van der Waals surface area (Å²) in [4.78, 5) is 26.1. The molecule has 2 atom stereocenters. The van der Waals surface area contributed by atoms with Crippen LogP contribution in [0.2, 0.25) is 0 Å². The molecule has 0 aromatic rings. The van der Waals surface area contributed by atoms with Crippen molar-refractivity contribution in [2.24, 2.45) is 0 Å². The minimum absolute atomic E-state index is 0.110. The van der Waals surface area contributed by atoms with Crippen molar-refractivity contribution in [2.45, 2.75) is 26.2 Å². The third-order valence-corrected chi connectivity index (χ3v) is 2.72. The van der Waals surface area contributed by atoms with Gasteiger partial charge in [0.05, 0.1) is 0 Å². The smallest absolute Gasteiger partial charge is 0.314 e. The lowest BCUT2D eigenvalue weighted by molar-refractivity contribution is 0.198. The van der Waals surface area contributed by atoms with E-state index >= 15 is 0 Å². The normalized spacial score (nSPS) is 30.4. The van der Waals surface area contributed by atoms with Crippen LogP contribution in [0, 0.1) is 0 Å². The van der Waals surface area contributed by atoms with E-state index < -0.39 is 0 Å². The van der Waals surface area contributed by atoms with Gasteiger partial charge in [-0.1, -0.05) is 0 Å². The minimum atomic E-state index is -0.208. The lowest BCUT2D eigenvalue weighted by atomic mass is 10.4. The maximum absolute atomic E-state index is 11.4. The van der Waals surface area contributed by atoms with Crippen molar-refractivity contribution >= 4 is 12.1 Å². The van der Waals surface area contributed by atoms with E-state index in [1.54, 1.807) is 9.80 Å². The Morgan fingerprint density at radius 3 is 1.64 bits per heavy atom. The first-order valence-corrected chi connectivity index (χ1v) is 4.83. The molecule has 0 aromatic carbocycles. The quantitative estimate of drug-likeness (QED) is 0.641. The standard InChI is InChI=1S/C8H14N4O2/c1-3-11-5-6(10-7(11)13)12(4-2)8(14)9-5/h5-6H,3-4H2,1-2H3,(H,9,14)(H,10,13). The summed E-state index contributed by atoms with van der Waals surface area (Å²) < 4.78 is 0. The summed E-state index contributed by atoms with van der Waals surface area (Å²) >= 11 is 0. The molecule has 4 amide bonds. The summed E-state index contributed by atoms with van der Waals surface area (Å²) in [6, 6.07) is -0.220. The molecule has 78 valence electrons. The van der Waals surface area contributed by atoms with E-state index in [1.165, 1.54) is 0 Å². The summed E-state index contributed by atoms with van der Waals surface area (Å²) in [5.74, 6) is 0. The van der Waals surface area contributed by atoms with Crippen molar-refractivity contribution in [2.75, 3.05) is 13.1 Å². The van der Waals surface area contributed by atoms with E-state index in [1.807, 2.05) is 13.8 Å². The molecule has 14 heavy (non-hydrogen) atoms. The summed E-state index contributed by atoms with van der Waals surface area (Å²) in [6.07, 6.45) is -0.417. The predicted molar refractivity (Wildman–Crippen MR) is 49.4 cm³/mol. The van der Waals surface area contributed by atoms with E-state index in [0.29, 0.717) is 13.1 Å². The molecular formula is C8H14N4O2. The summed E-state index contributed by atoms with van der Waals surface area (Å²) in [6.45, 7) is 4.99. The second-order valence-corrected chi connectivity index (χ2v) is 3.36. The highest BCUT2D eigenvalue weighted by atomic mass is 16.2. The Bertz CT molecular complexity index is 253. The van der Waals surface area contributed by atoms with Crippen LogP contribution in [0.4, 0.5) is 9.59 Å². The third kappa shape index (κ3) is 1.03. The zero-order chi connectivity index (χ0) is 10.3. The van der Waals surface area contributed by atoms with E-state index in [0.717, 1.165) is 0 Å². The predicted octanol–water partition coefficient (Wildman–Crippen LogP) is -0.271. The number of carbonyl (C=O) groups excluding carboxylic acids is 2. The van der Waals surface area contributed by atoms with Crippen molar-refractivity contribution in [3.63, 3.8) is 0 Å². The SMILES string of the molecule is CCN1C(=O)NC2C1NC(=O)N2CC. The number of likely N-dealkylation sites (N-methyl/N-ethyl adjacent to an activating group) is 2. The molecule has 0 saturated carbocycles. The van der Waals surface area contributed by atoms with Crippen LogP contribution in [-0.4, -0.2) is 47.3 Å². The summed E-state index contributed by atoms with van der Waals surface area (Å²) in [5.41, 5.74) is 0. The average molecular weight is 198 g/mol. The lowest BCUT2D eigenvalue weighted by Gasteiger charge is -2.19.